The molecular formula is C48H26B2N2O2. The standard InChI is InChI=1S/C48H26B2N2O2/c1-2-12-27(13-3-1)42-43-29-23-25-41-45-48(29)51(35-18-8-4-14-31(35)49(45)33-16-6-10-20-38(33)54-41)37(43)26-30-28-22-24-40-44-47(28)52(46(30)42)36-19-9-5-15-32(36)50(44)34-17-7-11-21-39(34)53-40/h1-26H. The summed E-state index contributed by atoms with van der Waals surface area (Å²) in [4.78, 5) is 0. The summed E-state index contributed by atoms with van der Waals surface area (Å²) in [7, 11) is 0. The molecule has 0 amide bonds. The molecule has 14 rings (SSSR count). The molecule has 0 saturated carbocycles. The number of fused-ring (bicyclic) bond motifs is 16. The highest BCUT2D eigenvalue weighted by molar-refractivity contribution is 7.00. The Morgan fingerprint density at radius 3 is 1.56 bits per heavy atom. The molecule has 0 fully saturated rings. The summed E-state index contributed by atoms with van der Waals surface area (Å²) in [6, 6.07) is 57.6. The minimum atomic E-state index is 0.0784. The first kappa shape index (κ1) is 27.7. The second kappa shape index (κ2) is 9.54. The van der Waals surface area contributed by atoms with Gasteiger partial charge in [-0.3, -0.25) is 0 Å². The Labute approximate surface area is 310 Å². The van der Waals surface area contributed by atoms with Gasteiger partial charge < -0.3 is 18.6 Å². The van der Waals surface area contributed by atoms with Gasteiger partial charge in [-0.05, 0) is 92.9 Å². The maximum absolute atomic E-state index is 6.72. The fourth-order valence-electron chi connectivity index (χ4n) is 10.7. The van der Waals surface area contributed by atoms with E-state index in [1.165, 1.54) is 98.9 Å². The van der Waals surface area contributed by atoms with Gasteiger partial charge in [0.2, 0.25) is 0 Å². The zero-order valence-corrected chi connectivity index (χ0v) is 28.9. The second-order valence-electron chi connectivity index (χ2n) is 15.1. The maximum Gasteiger partial charge on any atom is 0.256 e. The Morgan fingerprint density at radius 1 is 0.389 bits per heavy atom. The van der Waals surface area contributed by atoms with Crippen molar-refractivity contribution in [2.75, 3.05) is 0 Å². The van der Waals surface area contributed by atoms with Crippen LogP contribution in [0.3, 0.4) is 0 Å². The Kier molecular flexibility index (Phi) is 4.90. The fourth-order valence-corrected chi connectivity index (χ4v) is 10.7. The zero-order valence-electron chi connectivity index (χ0n) is 28.9. The molecule has 0 atom stereocenters. The lowest BCUT2D eigenvalue weighted by Crippen LogP contribution is -2.58. The minimum Gasteiger partial charge on any atom is -0.458 e. The minimum absolute atomic E-state index is 0.0784. The topological polar surface area (TPSA) is 28.3 Å². The number of benzene rings is 8. The summed E-state index contributed by atoms with van der Waals surface area (Å²) >= 11 is 0. The van der Waals surface area contributed by atoms with Gasteiger partial charge in [0.05, 0.1) is 22.1 Å². The smallest absolute Gasteiger partial charge is 0.256 e. The van der Waals surface area contributed by atoms with Crippen molar-refractivity contribution in [1.82, 2.24) is 9.13 Å². The third-order valence-corrected chi connectivity index (χ3v) is 12.6. The number of ether oxygens (including phenoxy) is 2. The molecule has 10 aromatic rings. The molecule has 4 aliphatic rings. The second-order valence-corrected chi connectivity index (χ2v) is 15.1. The summed E-state index contributed by atoms with van der Waals surface area (Å²) in [6.45, 7) is 0.157. The monoisotopic (exact) mass is 684 g/mol. The van der Waals surface area contributed by atoms with Crippen LogP contribution in [0.4, 0.5) is 0 Å². The molecule has 0 spiro atoms. The molecule has 4 aliphatic heterocycles. The molecule has 54 heavy (non-hydrogen) atoms. The van der Waals surface area contributed by atoms with E-state index in [1.54, 1.807) is 0 Å². The molecular weight excluding hydrogens is 658 g/mol. The molecule has 4 nitrogen and oxygen atoms in total. The lowest BCUT2D eigenvalue weighted by atomic mass is 9.34. The molecule has 0 bridgehead atoms. The van der Waals surface area contributed by atoms with E-state index in [0.717, 1.165) is 23.0 Å². The van der Waals surface area contributed by atoms with Gasteiger partial charge in [0.25, 0.3) is 13.4 Å². The first-order valence-electron chi connectivity index (χ1n) is 18.8. The average molecular weight is 684 g/mol. The van der Waals surface area contributed by atoms with Crippen molar-refractivity contribution in [2.45, 2.75) is 0 Å². The third-order valence-electron chi connectivity index (χ3n) is 12.6. The lowest BCUT2D eigenvalue weighted by molar-refractivity contribution is 0.487. The summed E-state index contributed by atoms with van der Waals surface area (Å²) < 4.78 is 18.5. The van der Waals surface area contributed by atoms with Crippen molar-refractivity contribution in [2.24, 2.45) is 0 Å². The van der Waals surface area contributed by atoms with Crippen LogP contribution in [0, 0.1) is 0 Å². The van der Waals surface area contributed by atoms with Gasteiger partial charge in [-0.25, -0.2) is 0 Å². The van der Waals surface area contributed by atoms with Gasteiger partial charge in [0.1, 0.15) is 23.0 Å². The highest BCUT2D eigenvalue weighted by atomic mass is 16.5. The summed E-state index contributed by atoms with van der Waals surface area (Å²) in [6.07, 6.45) is 0. The van der Waals surface area contributed by atoms with Gasteiger partial charge >= 0.3 is 0 Å². The van der Waals surface area contributed by atoms with Gasteiger partial charge in [-0.1, -0.05) is 103 Å². The average Bonchev–Trinajstić information content (AvgIpc) is 3.75. The van der Waals surface area contributed by atoms with E-state index in [1.807, 2.05) is 0 Å². The Morgan fingerprint density at radius 2 is 0.907 bits per heavy atom. The van der Waals surface area contributed by atoms with E-state index < -0.39 is 0 Å². The van der Waals surface area contributed by atoms with Crippen LogP contribution in [0.25, 0.3) is 66.1 Å². The zero-order chi connectivity index (χ0) is 34.8. The normalized spacial score (nSPS) is 13.8. The van der Waals surface area contributed by atoms with E-state index >= 15 is 0 Å². The van der Waals surface area contributed by atoms with E-state index in [0.29, 0.717) is 0 Å². The van der Waals surface area contributed by atoms with Crippen molar-refractivity contribution < 1.29 is 9.47 Å². The largest absolute Gasteiger partial charge is 0.458 e. The van der Waals surface area contributed by atoms with Crippen molar-refractivity contribution in [3.8, 4) is 45.5 Å². The van der Waals surface area contributed by atoms with Crippen molar-refractivity contribution in [3.05, 3.63) is 158 Å². The van der Waals surface area contributed by atoms with Gasteiger partial charge in [0.15, 0.2) is 0 Å². The lowest BCUT2D eigenvalue weighted by Gasteiger charge is -2.32. The first-order chi connectivity index (χ1) is 26.8. The maximum atomic E-state index is 6.72. The number of para-hydroxylation sites is 4. The van der Waals surface area contributed by atoms with Crippen LogP contribution in [0.1, 0.15) is 0 Å². The van der Waals surface area contributed by atoms with E-state index in [-0.39, 0.29) is 13.4 Å². The van der Waals surface area contributed by atoms with E-state index in [9.17, 15) is 0 Å². The van der Waals surface area contributed by atoms with Crippen molar-refractivity contribution in [3.63, 3.8) is 0 Å². The molecule has 0 N–H and O–H groups in total. The van der Waals surface area contributed by atoms with Crippen LogP contribution in [-0.4, -0.2) is 22.6 Å². The quantitative estimate of drug-likeness (QED) is 0.169. The highest BCUT2D eigenvalue weighted by Gasteiger charge is 2.43. The summed E-state index contributed by atoms with van der Waals surface area (Å²) in [5, 5.41) is 4.98. The predicted octanol–water partition coefficient (Wildman–Crippen LogP) is 7.42. The molecule has 0 aliphatic carbocycles. The van der Waals surface area contributed by atoms with Gasteiger partial charge in [-0.15, -0.1) is 0 Å². The van der Waals surface area contributed by atoms with Crippen LogP contribution in [0.15, 0.2) is 158 Å². The van der Waals surface area contributed by atoms with Crippen LogP contribution in [0.5, 0.6) is 23.0 Å². The summed E-state index contributed by atoms with van der Waals surface area (Å²) in [5.41, 5.74) is 17.3. The first-order valence-corrected chi connectivity index (χ1v) is 18.8. The number of rotatable bonds is 1. The number of hydrogen-bond donors (Lipinski definition) is 0. The highest BCUT2D eigenvalue weighted by Crippen LogP contribution is 2.49. The van der Waals surface area contributed by atoms with Crippen LogP contribution < -0.4 is 42.3 Å². The van der Waals surface area contributed by atoms with Crippen LogP contribution >= 0.6 is 0 Å². The number of nitrogens with zero attached hydrogens (tertiary/aromatic N) is 2. The van der Waals surface area contributed by atoms with Crippen LogP contribution in [0.2, 0.25) is 0 Å². The molecule has 0 radical (unpaired) electrons. The van der Waals surface area contributed by atoms with E-state index in [4.69, 9.17) is 9.47 Å². The molecule has 0 saturated heterocycles. The van der Waals surface area contributed by atoms with Crippen molar-refractivity contribution in [1.29, 1.82) is 0 Å². The third kappa shape index (κ3) is 3.14. The number of aromatic nitrogens is 2. The Balaban J connectivity index is 1.22. The van der Waals surface area contributed by atoms with Crippen molar-refractivity contribution >= 4 is 89.8 Å². The molecule has 6 heterocycles. The SMILES string of the molecule is c1ccc(-c2c3c4ccc5c6c4n(c3cc3c4ccc7c8c4n(c23)-c2ccccc2B8c2ccccc2O7)-c2ccccc2B6c2ccccc2O5)cc1. The molecule has 246 valence electrons. The summed E-state index contributed by atoms with van der Waals surface area (Å²) in [5.74, 6) is 3.75. The molecule has 2 aromatic heterocycles. The Hall–Kier alpha value is -6.91. The Bertz CT molecular complexity index is 3300. The van der Waals surface area contributed by atoms with E-state index in [2.05, 4.69) is 167 Å². The van der Waals surface area contributed by atoms with Gasteiger partial charge in [-0.2, -0.15) is 0 Å². The molecule has 0 unspecified atom stereocenters. The number of hydrogen-bond acceptors (Lipinski definition) is 2. The molecule has 8 aromatic carbocycles. The van der Waals surface area contributed by atoms with Crippen LogP contribution in [-0.2, 0) is 0 Å². The fraction of sp³-hybridized carbons (Fsp3) is 0. The van der Waals surface area contributed by atoms with Gasteiger partial charge in [0, 0.05) is 38.5 Å². The molecule has 6 heteroatoms. The predicted molar refractivity (Wildman–Crippen MR) is 223 cm³/mol.